The summed E-state index contributed by atoms with van der Waals surface area (Å²) in [6, 6.07) is 16.4. The quantitative estimate of drug-likeness (QED) is 0.485. The molecule has 0 saturated carbocycles. The molecule has 4 rings (SSSR count). The SMILES string of the molecule is O=C(Nc1ccc(Nc2cc(-n3ccnc3)ncn2)cc1)c1ccc(Br)cc1. The van der Waals surface area contributed by atoms with Crippen LogP contribution in [0.5, 0.6) is 0 Å². The highest BCUT2D eigenvalue weighted by molar-refractivity contribution is 9.10. The molecule has 0 saturated heterocycles. The van der Waals surface area contributed by atoms with Crippen molar-refractivity contribution in [3.05, 3.63) is 89.7 Å². The number of nitrogens with zero attached hydrogens (tertiary/aromatic N) is 4. The van der Waals surface area contributed by atoms with E-state index >= 15 is 0 Å². The number of hydrogen-bond donors (Lipinski definition) is 2. The van der Waals surface area contributed by atoms with E-state index in [0.29, 0.717) is 22.9 Å². The van der Waals surface area contributed by atoms with Gasteiger partial charge in [0.1, 0.15) is 24.3 Å². The molecule has 0 atom stereocenters. The molecule has 28 heavy (non-hydrogen) atoms. The summed E-state index contributed by atoms with van der Waals surface area (Å²) in [5.74, 6) is 1.22. The van der Waals surface area contributed by atoms with Crippen molar-refractivity contribution < 1.29 is 4.79 Å². The van der Waals surface area contributed by atoms with Crippen LogP contribution in [-0.4, -0.2) is 25.4 Å². The van der Waals surface area contributed by atoms with Crippen molar-refractivity contribution in [2.24, 2.45) is 0 Å². The summed E-state index contributed by atoms with van der Waals surface area (Å²) in [4.78, 5) is 24.8. The molecule has 0 radical (unpaired) electrons. The topological polar surface area (TPSA) is 84.7 Å². The normalized spacial score (nSPS) is 10.5. The third kappa shape index (κ3) is 4.24. The van der Waals surface area contributed by atoms with Crippen LogP contribution in [0, 0.1) is 0 Å². The van der Waals surface area contributed by atoms with Crippen LogP contribution < -0.4 is 10.6 Å². The zero-order valence-corrected chi connectivity index (χ0v) is 16.2. The maximum atomic E-state index is 12.3. The first-order valence-corrected chi connectivity index (χ1v) is 9.21. The molecule has 0 fully saturated rings. The van der Waals surface area contributed by atoms with Gasteiger partial charge in [0.05, 0.1) is 0 Å². The van der Waals surface area contributed by atoms with E-state index in [9.17, 15) is 4.79 Å². The zero-order valence-electron chi connectivity index (χ0n) is 14.6. The van der Waals surface area contributed by atoms with Crippen LogP contribution >= 0.6 is 15.9 Å². The van der Waals surface area contributed by atoms with E-state index in [0.717, 1.165) is 10.2 Å². The largest absolute Gasteiger partial charge is 0.340 e. The molecule has 0 spiro atoms. The first kappa shape index (κ1) is 17.9. The van der Waals surface area contributed by atoms with Gasteiger partial charge in [0.25, 0.3) is 5.91 Å². The highest BCUT2D eigenvalue weighted by Crippen LogP contribution is 2.19. The Hall–Kier alpha value is -3.52. The van der Waals surface area contributed by atoms with E-state index in [4.69, 9.17) is 0 Å². The van der Waals surface area contributed by atoms with Gasteiger partial charge < -0.3 is 10.6 Å². The van der Waals surface area contributed by atoms with Gasteiger partial charge in [0.15, 0.2) is 0 Å². The molecular weight excluding hydrogens is 420 g/mol. The van der Waals surface area contributed by atoms with Gasteiger partial charge in [-0.05, 0) is 48.5 Å². The molecule has 0 aliphatic carbocycles. The Morgan fingerprint density at radius 3 is 2.43 bits per heavy atom. The van der Waals surface area contributed by atoms with Crippen molar-refractivity contribution in [3.63, 3.8) is 0 Å². The number of halogens is 1. The van der Waals surface area contributed by atoms with Gasteiger partial charge in [0.2, 0.25) is 0 Å². The molecule has 138 valence electrons. The number of amides is 1. The molecule has 0 aliphatic heterocycles. The fourth-order valence-corrected chi connectivity index (χ4v) is 2.80. The van der Waals surface area contributed by atoms with E-state index < -0.39 is 0 Å². The number of carbonyl (C=O) groups excluding carboxylic acids is 1. The summed E-state index contributed by atoms with van der Waals surface area (Å²) in [6.07, 6.45) is 6.67. The van der Waals surface area contributed by atoms with Crippen LogP contribution in [0.2, 0.25) is 0 Å². The second kappa shape index (κ2) is 8.01. The molecule has 0 bridgehead atoms. The summed E-state index contributed by atoms with van der Waals surface area (Å²) >= 11 is 3.36. The van der Waals surface area contributed by atoms with Crippen LogP contribution in [0.3, 0.4) is 0 Å². The Kier molecular flexibility index (Phi) is 5.11. The van der Waals surface area contributed by atoms with Crippen LogP contribution in [0.25, 0.3) is 5.82 Å². The molecule has 7 nitrogen and oxygen atoms in total. The lowest BCUT2D eigenvalue weighted by molar-refractivity contribution is 0.102. The third-order valence-corrected chi connectivity index (χ3v) is 4.47. The maximum Gasteiger partial charge on any atom is 0.255 e. The lowest BCUT2D eigenvalue weighted by Crippen LogP contribution is -2.11. The second-order valence-corrected chi connectivity index (χ2v) is 6.81. The fourth-order valence-electron chi connectivity index (χ4n) is 2.54. The number of hydrogen-bond acceptors (Lipinski definition) is 5. The first-order chi connectivity index (χ1) is 13.7. The third-order valence-electron chi connectivity index (χ3n) is 3.94. The van der Waals surface area contributed by atoms with Crippen molar-refractivity contribution in [3.8, 4) is 5.82 Å². The van der Waals surface area contributed by atoms with E-state index in [1.807, 2.05) is 48.7 Å². The summed E-state index contributed by atoms with van der Waals surface area (Å²) in [6.45, 7) is 0. The number of aromatic nitrogens is 4. The lowest BCUT2D eigenvalue weighted by Gasteiger charge is -2.09. The predicted molar refractivity (Wildman–Crippen MR) is 111 cm³/mol. The number of nitrogens with one attached hydrogen (secondary N) is 2. The molecule has 2 aromatic heterocycles. The van der Waals surface area contributed by atoms with Crippen molar-refractivity contribution in [1.29, 1.82) is 0 Å². The summed E-state index contributed by atoms with van der Waals surface area (Å²) in [5.41, 5.74) is 2.15. The molecule has 8 heteroatoms. The van der Waals surface area contributed by atoms with Crippen molar-refractivity contribution in [2.45, 2.75) is 0 Å². The minimum Gasteiger partial charge on any atom is -0.340 e. The predicted octanol–water partition coefficient (Wildman–Crippen LogP) is 4.42. The van der Waals surface area contributed by atoms with Crippen molar-refractivity contribution in [1.82, 2.24) is 19.5 Å². The number of rotatable bonds is 5. The lowest BCUT2D eigenvalue weighted by atomic mass is 10.2. The Morgan fingerprint density at radius 1 is 0.964 bits per heavy atom. The van der Waals surface area contributed by atoms with Gasteiger partial charge in [-0.1, -0.05) is 15.9 Å². The monoisotopic (exact) mass is 434 g/mol. The van der Waals surface area contributed by atoms with Crippen LogP contribution in [-0.2, 0) is 0 Å². The number of imidazole rings is 1. The average Bonchev–Trinajstić information content (AvgIpc) is 3.25. The van der Waals surface area contributed by atoms with E-state index in [2.05, 4.69) is 41.5 Å². The average molecular weight is 435 g/mol. The number of benzene rings is 2. The smallest absolute Gasteiger partial charge is 0.255 e. The first-order valence-electron chi connectivity index (χ1n) is 8.42. The second-order valence-electron chi connectivity index (χ2n) is 5.89. The van der Waals surface area contributed by atoms with Gasteiger partial charge in [-0.25, -0.2) is 15.0 Å². The van der Waals surface area contributed by atoms with Crippen LogP contribution in [0.1, 0.15) is 10.4 Å². The van der Waals surface area contributed by atoms with Gasteiger partial charge in [-0.2, -0.15) is 0 Å². The zero-order chi connectivity index (χ0) is 19.3. The Morgan fingerprint density at radius 2 is 1.71 bits per heavy atom. The van der Waals surface area contributed by atoms with Gasteiger partial charge in [-0.3, -0.25) is 9.36 Å². The molecule has 2 N–H and O–H groups in total. The Bertz CT molecular complexity index is 1080. The minimum atomic E-state index is -0.158. The molecule has 4 aromatic rings. The van der Waals surface area contributed by atoms with E-state index in [1.54, 1.807) is 29.2 Å². The Labute approximate surface area is 169 Å². The number of anilines is 3. The van der Waals surface area contributed by atoms with Gasteiger partial charge in [0, 0.05) is 39.9 Å². The van der Waals surface area contributed by atoms with Gasteiger partial charge in [-0.15, -0.1) is 0 Å². The molecule has 2 aromatic carbocycles. The molecular formula is C20H15BrN6O. The molecule has 0 aliphatic rings. The van der Waals surface area contributed by atoms with E-state index in [-0.39, 0.29) is 5.91 Å². The Balaban J connectivity index is 1.43. The standard InChI is InChI=1S/C20H15BrN6O/c21-15-3-1-14(2-4-15)20(28)26-17-7-5-16(6-8-17)25-18-11-19(24-12-23-18)27-10-9-22-13-27/h1-13H,(H,26,28)(H,23,24,25). The summed E-state index contributed by atoms with van der Waals surface area (Å²) in [5, 5.41) is 6.10. The number of carbonyl (C=O) groups is 1. The summed E-state index contributed by atoms with van der Waals surface area (Å²) in [7, 11) is 0. The van der Waals surface area contributed by atoms with Crippen LogP contribution in [0.4, 0.5) is 17.2 Å². The fraction of sp³-hybridized carbons (Fsp3) is 0. The highest BCUT2D eigenvalue weighted by Gasteiger charge is 2.06. The van der Waals surface area contributed by atoms with Gasteiger partial charge >= 0.3 is 0 Å². The van der Waals surface area contributed by atoms with Crippen molar-refractivity contribution in [2.75, 3.05) is 10.6 Å². The summed E-state index contributed by atoms with van der Waals surface area (Å²) < 4.78 is 2.73. The molecule has 2 heterocycles. The molecule has 1 amide bonds. The maximum absolute atomic E-state index is 12.3. The van der Waals surface area contributed by atoms with Crippen molar-refractivity contribution >= 4 is 39.0 Å². The van der Waals surface area contributed by atoms with Crippen LogP contribution in [0.15, 0.2) is 84.1 Å². The minimum absolute atomic E-state index is 0.158. The molecule has 0 unspecified atom stereocenters. The van der Waals surface area contributed by atoms with E-state index in [1.165, 1.54) is 6.33 Å². The highest BCUT2D eigenvalue weighted by atomic mass is 79.9.